The van der Waals surface area contributed by atoms with Crippen LogP contribution in [-0.2, 0) is 0 Å². The summed E-state index contributed by atoms with van der Waals surface area (Å²) in [5.41, 5.74) is 6.47. The molecule has 1 amide bonds. The number of nitrogens with two attached hydrogens (primary N) is 1. The van der Waals surface area contributed by atoms with E-state index in [1.807, 2.05) is 0 Å². The molecule has 2 aromatic rings. The Hall–Kier alpha value is -2.63. The molecule has 0 saturated carbocycles. The molecule has 1 aromatic carbocycles. The first-order valence-corrected chi connectivity index (χ1v) is 6.06. The van der Waals surface area contributed by atoms with Gasteiger partial charge in [-0.05, 0) is 31.2 Å². The predicted octanol–water partition coefficient (Wildman–Crippen LogP) is 2.45. The molecule has 0 spiro atoms. The second-order valence-corrected chi connectivity index (χ2v) is 3.97. The number of nitrogens with zero attached hydrogens (tertiary/aromatic N) is 1. The average molecular weight is 275 g/mol. The predicted molar refractivity (Wildman–Crippen MR) is 74.2 cm³/mol. The Bertz CT molecular complexity index is 614. The minimum atomic E-state index is -0.470. The number of hydrogen-bond acceptors (Lipinski definition) is 4. The molecule has 20 heavy (non-hydrogen) atoms. The summed E-state index contributed by atoms with van der Waals surface area (Å²) in [7, 11) is 0. The first kappa shape index (κ1) is 13.8. The molecular formula is C14H14FN3O2. The summed E-state index contributed by atoms with van der Waals surface area (Å²) >= 11 is 0. The Labute approximate surface area is 115 Å². The molecule has 0 fully saturated rings. The lowest BCUT2D eigenvalue weighted by Crippen LogP contribution is -2.15. The molecule has 1 aromatic heterocycles. The zero-order valence-corrected chi connectivity index (χ0v) is 10.9. The molecule has 0 aliphatic rings. The maximum absolute atomic E-state index is 12.8. The van der Waals surface area contributed by atoms with Gasteiger partial charge in [-0.25, -0.2) is 9.37 Å². The lowest BCUT2D eigenvalue weighted by Gasteiger charge is -2.12. The monoisotopic (exact) mass is 275 g/mol. The van der Waals surface area contributed by atoms with Crippen LogP contribution in [-0.4, -0.2) is 17.5 Å². The molecule has 6 heteroatoms. The van der Waals surface area contributed by atoms with Crippen LogP contribution in [0.25, 0.3) is 0 Å². The molecule has 0 bridgehead atoms. The third-order valence-corrected chi connectivity index (χ3v) is 2.55. The van der Waals surface area contributed by atoms with E-state index >= 15 is 0 Å². The Kier molecular flexibility index (Phi) is 4.14. The summed E-state index contributed by atoms with van der Waals surface area (Å²) in [4.78, 5) is 15.9. The summed E-state index contributed by atoms with van der Waals surface area (Å²) in [5.74, 6) is -0.308. The van der Waals surface area contributed by atoms with Crippen LogP contribution in [0.4, 0.5) is 15.9 Å². The van der Waals surface area contributed by atoms with E-state index in [1.165, 1.54) is 12.1 Å². The van der Waals surface area contributed by atoms with Gasteiger partial charge in [0.25, 0.3) is 5.91 Å². The van der Waals surface area contributed by atoms with Crippen LogP contribution < -0.4 is 15.8 Å². The largest absolute Gasteiger partial charge is 0.491 e. The number of para-hydroxylation sites is 1. The molecule has 0 saturated heterocycles. The molecule has 0 radical (unpaired) electrons. The third-order valence-electron chi connectivity index (χ3n) is 2.55. The highest BCUT2D eigenvalue weighted by Crippen LogP contribution is 2.27. The smallest absolute Gasteiger partial charge is 0.260 e. The van der Waals surface area contributed by atoms with Gasteiger partial charge in [-0.15, -0.1) is 0 Å². The van der Waals surface area contributed by atoms with E-state index in [9.17, 15) is 9.18 Å². The van der Waals surface area contributed by atoms with Gasteiger partial charge in [0.1, 0.15) is 11.6 Å². The maximum Gasteiger partial charge on any atom is 0.260 e. The Morgan fingerprint density at radius 1 is 1.40 bits per heavy atom. The molecule has 0 unspecified atom stereocenters. The summed E-state index contributed by atoms with van der Waals surface area (Å²) in [6.07, 6.45) is 1.03. The van der Waals surface area contributed by atoms with Crippen molar-refractivity contribution in [3.63, 3.8) is 0 Å². The zero-order valence-electron chi connectivity index (χ0n) is 10.9. The van der Waals surface area contributed by atoms with Crippen molar-refractivity contribution in [3.05, 3.63) is 47.9 Å². The number of pyridine rings is 1. The van der Waals surface area contributed by atoms with E-state index in [-0.39, 0.29) is 5.82 Å². The maximum atomic E-state index is 12.8. The topological polar surface area (TPSA) is 77.2 Å². The van der Waals surface area contributed by atoms with Crippen LogP contribution in [0.2, 0.25) is 0 Å². The van der Waals surface area contributed by atoms with Gasteiger partial charge in [0, 0.05) is 0 Å². The highest BCUT2D eigenvalue weighted by atomic mass is 19.1. The van der Waals surface area contributed by atoms with Crippen molar-refractivity contribution in [2.24, 2.45) is 0 Å². The zero-order chi connectivity index (χ0) is 14.5. The van der Waals surface area contributed by atoms with Crippen molar-refractivity contribution in [1.82, 2.24) is 4.98 Å². The van der Waals surface area contributed by atoms with Gasteiger partial charge in [0.2, 0.25) is 0 Å². The van der Waals surface area contributed by atoms with Crippen LogP contribution in [0.3, 0.4) is 0 Å². The second-order valence-electron chi connectivity index (χ2n) is 3.97. The van der Waals surface area contributed by atoms with Crippen molar-refractivity contribution in [2.75, 3.05) is 17.7 Å². The Morgan fingerprint density at radius 2 is 2.20 bits per heavy atom. The van der Waals surface area contributed by atoms with Crippen LogP contribution >= 0.6 is 0 Å². The number of ether oxygens (including phenoxy) is 1. The standard InChI is InChI=1S/C14H14FN3O2/c1-2-20-13-10(4-3-5-11(13)16)14(19)18-12-7-6-9(15)8-17-12/h3-8H,2,16H2,1H3,(H,17,18,19). The van der Waals surface area contributed by atoms with Crippen LogP contribution in [0, 0.1) is 5.82 Å². The van der Waals surface area contributed by atoms with E-state index in [1.54, 1.807) is 25.1 Å². The summed E-state index contributed by atoms with van der Waals surface area (Å²) in [6, 6.07) is 7.49. The lowest BCUT2D eigenvalue weighted by atomic mass is 10.1. The van der Waals surface area contributed by atoms with Gasteiger partial charge in [-0.3, -0.25) is 4.79 Å². The number of benzene rings is 1. The molecule has 5 nitrogen and oxygen atoms in total. The number of nitrogens with one attached hydrogen (secondary N) is 1. The van der Waals surface area contributed by atoms with Crippen molar-refractivity contribution >= 4 is 17.4 Å². The number of carbonyl (C=O) groups is 1. The molecular weight excluding hydrogens is 261 g/mol. The number of anilines is 2. The number of nitrogen functional groups attached to an aromatic ring is 1. The van der Waals surface area contributed by atoms with Gasteiger partial charge in [0.05, 0.1) is 24.1 Å². The quantitative estimate of drug-likeness (QED) is 0.840. The fourth-order valence-electron chi connectivity index (χ4n) is 1.67. The van der Waals surface area contributed by atoms with E-state index < -0.39 is 11.7 Å². The molecule has 104 valence electrons. The fourth-order valence-corrected chi connectivity index (χ4v) is 1.67. The van der Waals surface area contributed by atoms with Gasteiger partial charge >= 0.3 is 0 Å². The second kappa shape index (κ2) is 6.01. The highest BCUT2D eigenvalue weighted by molar-refractivity contribution is 6.06. The van der Waals surface area contributed by atoms with Gasteiger partial charge in [-0.2, -0.15) is 0 Å². The number of carbonyl (C=O) groups excluding carboxylic acids is 1. The minimum absolute atomic E-state index is 0.251. The number of halogens is 1. The van der Waals surface area contributed by atoms with Crippen LogP contribution in [0.15, 0.2) is 36.5 Å². The first-order chi connectivity index (χ1) is 9.61. The Morgan fingerprint density at radius 3 is 2.85 bits per heavy atom. The highest BCUT2D eigenvalue weighted by Gasteiger charge is 2.15. The fraction of sp³-hybridized carbons (Fsp3) is 0.143. The lowest BCUT2D eigenvalue weighted by molar-refractivity contribution is 0.102. The van der Waals surface area contributed by atoms with E-state index in [4.69, 9.17) is 10.5 Å². The summed E-state index contributed by atoms with van der Waals surface area (Å²) in [6.45, 7) is 2.19. The summed E-state index contributed by atoms with van der Waals surface area (Å²) in [5, 5.41) is 2.56. The molecule has 1 heterocycles. The molecule has 0 atom stereocenters. The molecule has 0 aliphatic heterocycles. The van der Waals surface area contributed by atoms with Crippen LogP contribution in [0.1, 0.15) is 17.3 Å². The summed E-state index contributed by atoms with van der Waals surface area (Å²) < 4.78 is 18.1. The normalized spacial score (nSPS) is 10.1. The SMILES string of the molecule is CCOc1c(N)cccc1C(=O)Nc1ccc(F)cn1. The van der Waals surface area contributed by atoms with E-state index in [0.717, 1.165) is 6.20 Å². The number of hydrogen-bond donors (Lipinski definition) is 2. The number of rotatable bonds is 4. The van der Waals surface area contributed by atoms with Gasteiger partial charge < -0.3 is 15.8 Å². The first-order valence-electron chi connectivity index (χ1n) is 6.06. The number of aromatic nitrogens is 1. The van der Waals surface area contributed by atoms with Gasteiger partial charge in [0.15, 0.2) is 5.75 Å². The van der Waals surface area contributed by atoms with Crippen molar-refractivity contribution < 1.29 is 13.9 Å². The third kappa shape index (κ3) is 3.03. The number of amides is 1. The van der Waals surface area contributed by atoms with Crippen molar-refractivity contribution in [1.29, 1.82) is 0 Å². The molecule has 0 aliphatic carbocycles. The van der Waals surface area contributed by atoms with E-state index in [0.29, 0.717) is 23.6 Å². The Balaban J connectivity index is 2.25. The van der Waals surface area contributed by atoms with E-state index in [2.05, 4.69) is 10.3 Å². The minimum Gasteiger partial charge on any atom is -0.491 e. The molecule has 2 rings (SSSR count). The average Bonchev–Trinajstić information content (AvgIpc) is 2.43. The van der Waals surface area contributed by atoms with Crippen molar-refractivity contribution in [3.8, 4) is 5.75 Å². The van der Waals surface area contributed by atoms with Crippen LogP contribution in [0.5, 0.6) is 5.75 Å². The van der Waals surface area contributed by atoms with Gasteiger partial charge in [-0.1, -0.05) is 6.07 Å². The van der Waals surface area contributed by atoms with Crippen molar-refractivity contribution in [2.45, 2.75) is 6.92 Å². The molecule has 3 N–H and O–H groups in total.